The molecule has 0 unspecified atom stereocenters. The number of nitrogens with zero attached hydrogens (tertiary/aromatic N) is 2. The van der Waals surface area contributed by atoms with Crippen molar-refractivity contribution in [1.82, 2.24) is 10.1 Å². The molecule has 0 aliphatic carbocycles. The number of hydrogen-bond acceptors (Lipinski definition) is 4. The molecule has 1 aromatic carbocycles. The van der Waals surface area contributed by atoms with Crippen molar-refractivity contribution < 1.29 is 4.52 Å². The Morgan fingerprint density at radius 3 is 2.61 bits per heavy atom. The number of rotatable bonds is 6. The van der Waals surface area contributed by atoms with Crippen LogP contribution in [0.4, 0.5) is 0 Å². The second kappa shape index (κ2) is 6.33. The SMILES string of the molecule is Cc1cc(CN(CCN)Cc2ccccc2)no1. The second-order valence-electron chi connectivity index (χ2n) is 4.41. The lowest BCUT2D eigenvalue weighted by Gasteiger charge is -2.20. The highest BCUT2D eigenvalue weighted by molar-refractivity contribution is 5.14. The van der Waals surface area contributed by atoms with Crippen LogP contribution in [-0.4, -0.2) is 23.1 Å². The first kappa shape index (κ1) is 12.8. The number of aryl methyl sites for hydroxylation is 1. The van der Waals surface area contributed by atoms with E-state index in [-0.39, 0.29) is 0 Å². The van der Waals surface area contributed by atoms with Gasteiger partial charge in [0, 0.05) is 32.2 Å². The van der Waals surface area contributed by atoms with E-state index >= 15 is 0 Å². The highest BCUT2D eigenvalue weighted by atomic mass is 16.5. The molecule has 1 aromatic heterocycles. The van der Waals surface area contributed by atoms with Crippen molar-refractivity contribution in [3.8, 4) is 0 Å². The maximum absolute atomic E-state index is 5.66. The quantitative estimate of drug-likeness (QED) is 0.845. The third kappa shape index (κ3) is 3.68. The van der Waals surface area contributed by atoms with Gasteiger partial charge in [-0.15, -0.1) is 0 Å². The summed E-state index contributed by atoms with van der Waals surface area (Å²) in [6.45, 7) is 5.04. The predicted octanol–water partition coefficient (Wildman–Crippen LogP) is 1.94. The third-order valence-corrected chi connectivity index (χ3v) is 2.76. The lowest BCUT2D eigenvalue weighted by Crippen LogP contribution is -2.28. The van der Waals surface area contributed by atoms with E-state index < -0.39 is 0 Å². The Bertz CT molecular complexity index is 467. The maximum atomic E-state index is 5.66. The number of benzene rings is 1. The topological polar surface area (TPSA) is 55.3 Å². The summed E-state index contributed by atoms with van der Waals surface area (Å²) < 4.78 is 5.09. The van der Waals surface area contributed by atoms with E-state index in [0.717, 1.165) is 31.1 Å². The maximum Gasteiger partial charge on any atom is 0.133 e. The number of aromatic nitrogens is 1. The van der Waals surface area contributed by atoms with Crippen LogP contribution in [0.15, 0.2) is 40.9 Å². The van der Waals surface area contributed by atoms with Crippen LogP contribution in [0, 0.1) is 6.92 Å². The van der Waals surface area contributed by atoms with E-state index in [1.165, 1.54) is 5.56 Å². The molecule has 0 saturated carbocycles. The van der Waals surface area contributed by atoms with E-state index in [9.17, 15) is 0 Å². The van der Waals surface area contributed by atoms with Gasteiger partial charge in [-0.25, -0.2) is 0 Å². The van der Waals surface area contributed by atoms with Gasteiger partial charge >= 0.3 is 0 Å². The van der Waals surface area contributed by atoms with Gasteiger partial charge in [0.15, 0.2) is 0 Å². The van der Waals surface area contributed by atoms with E-state index in [2.05, 4.69) is 34.3 Å². The van der Waals surface area contributed by atoms with E-state index in [0.29, 0.717) is 6.54 Å². The summed E-state index contributed by atoms with van der Waals surface area (Å²) in [5.74, 6) is 0.845. The Morgan fingerprint density at radius 2 is 2.00 bits per heavy atom. The zero-order valence-electron chi connectivity index (χ0n) is 10.7. The molecule has 1 heterocycles. The van der Waals surface area contributed by atoms with Gasteiger partial charge in [0.25, 0.3) is 0 Å². The van der Waals surface area contributed by atoms with Crippen molar-refractivity contribution in [1.29, 1.82) is 0 Å². The Labute approximate surface area is 107 Å². The second-order valence-corrected chi connectivity index (χ2v) is 4.41. The summed E-state index contributed by atoms with van der Waals surface area (Å²) in [4.78, 5) is 2.27. The molecule has 96 valence electrons. The molecule has 0 fully saturated rings. The minimum Gasteiger partial charge on any atom is -0.361 e. The van der Waals surface area contributed by atoms with Gasteiger partial charge in [-0.05, 0) is 12.5 Å². The number of hydrogen-bond donors (Lipinski definition) is 1. The minimum atomic E-state index is 0.643. The zero-order valence-corrected chi connectivity index (χ0v) is 10.7. The first-order valence-corrected chi connectivity index (χ1v) is 6.16. The first-order chi connectivity index (χ1) is 8.78. The molecule has 0 aliphatic rings. The monoisotopic (exact) mass is 245 g/mol. The van der Waals surface area contributed by atoms with E-state index in [4.69, 9.17) is 10.3 Å². The predicted molar refractivity (Wildman–Crippen MR) is 70.9 cm³/mol. The van der Waals surface area contributed by atoms with Crippen LogP contribution >= 0.6 is 0 Å². The number of nitrogens with two attached hydrogens (primary N) is 1. The van der Waals surface area contributed by atoms with Crippen LogP contribution in [-0.2, 0) is 13.1 Å². The summed E-state index contributed by atoms with van der Waals surface area (Å²) in [7, 11) is 0. The average Bonchev–Trinajstić information content (AvgIpc) is 2.76. The summed E-state index contributed by atoms with van der Waals surface area (Å²) in [5.41, 5.74) is 7.90. The molecule has 2 rings (SSSR count). The molecule has 0 saturated heterocycles. The Kier molecular flexibility index (Phi) is 4.50. The van der Waals surface area contributed by atoms with Gasteiger partial charge in [0.2, 0.25) is 0 Å². The fourth-order valence-corrected chi connectivity index (χ4v) is 1.96. The Morgan fingerprint density at radius 1 is 1.22 bits per heavy atom. The van der Waals surface area contributed by atoms with Gasteiger partial charge in [-0.3, -0.25) is 4.90 Å². The van der Waals surface area contributed by atoms with Crippen molar-refractivity contribution in [3.63, 3.8) is 0 Å². The van der Waals surface area contributed by atoms with Crippen LogP contribution in [0.5, 0.6) is 0 Å². The average molecular weight is 245 g/mol. The highest BCUT2D eigenvalue weighted by Gasteiger charge is 2.09. The molecule has 2 N–H and O–H groups in total. The van der Waals surface area contributed by atoms with Crippen molar-refractivity contribution in [3.05, 3.63) is 53.4 Å². The molecule has 0 radical (unpaired) electrons. The Balaban J connectivity index is 1.99. The largest absolute Gasteiger partial charge is 0.361 e. The highest BCUT2D eigenvalue weighted by Crippen LogP contribution is 2.09. The van der Waals surface area contributed by atoms with Crippen LogP contribution in [0.3, 0.4) is 0 Å². The molecule has 2 aromatic rings. The van der Waals surface area contributed by atoms with Gasteiger partial charge in [-0.2, -0.15) is 0 Å². The van der Waals surface area contributed by atoms with Crippen molar-refractivity contribution in [2.75, 3.05) is 13.1 Å². The molecule has 0 bridgehead atoms. The van der Waals surface area contributed by atoms with Crippen molar-refractivity contribution >= 4 is 0 Å². The summed E-state index contributed by atoms with van der Waals surface area (Å²) in [6, 6.07) is 12.3. The fourth-order valence-electron chi connectivity index (χ4n) is 1.96. The molecule has 0 amide bonds. The van der Waals surface area contributed by atoms with Gasteiger partial charge in [0.05, 0.1) is 5.69 Å². The normalized spacial score (nSPS) is 11.1. The zero-order chi connectivity index (χ0) is 12.8. The molecule has 18 heavy (non-hydrogen) atoms. The van der Waals surface area contributed by atoms with Crippen LogP contribution in [0.25, 0.3) is 0 Å². The standard InChI is InChI=1S/C14H19N3O/c1-12-9-14(16-18-12)11-17(8-7-15)10-13-5-3-2-4-6-13/h2-6,9H,7-8,10-11,15H2,1H3. The van der Waals surface area contributed by atoms with Crippen LogP contribution in [0.2, 0.25) is 0 Å². The molecule has 0 atom stereocenters. The molecule has 4 heteroatoms. The van der Waals surface area contributed by atoms with Gasteiger partial charge in [0.1, 0.15) is 5.76 Å². The van der Waals surface area contributed by atoms with Gasteiger partial charge < -0.3 is 10.3 Å². The third-order valence-electron chi connectivity index (χ3n) is 2.76. The Hall–Kier alpha value is -1.65. The smallest absolute Gasteiger partial charge is 0.133 e. The lowest BCUT2D eigenvalue weighted by molar-refractivity contribution is 0.254. The molecule has 0 spiro atoms. The van der Waals surface area contributed by atoms with Crippen LogP contribution in [0.1, 0.15) is 17.0 Å². The first-order valence-electron chi connectivity index (χ1n) is 6.16. The fraction of sp³-hybridized carbons (Fsp3) is 0.357. The van der Waals surface area contributed by atoms with E-state index in [1.54, 1.807) is 0 Å². The van der Waals surface area contributed by atoms with E-state index in [1.807, 2.05) is 19.1 Å². The molecular weight excluding hydrogens is 226 g/mol. The van der Waals surface area contributed by atoms with Crippen molar-refractivity contribution in [2.45, 2.75) is 20.0 Å². The van der Waals surface area contributed by atoms with Gasteiger partial charge in [-0.1, -0.05) is 35.5 Å². The molecule has 0 aliphatic heterocycles. The summed E-state index contributed by atoms with van der Waals surface area (Å²) in [5, 5.41) is 4.02. The van der Waals surface area contributed by atoms with Crippen molar-refractivity contribution in [2.24, 2.45) is 5.73 Å². The summed E-state index contributed by atoms with van der Waals surface area (Å²) >= 11 is 0. The van der Waals surface area contributed by atoms with Crippen LogP contribution < -0.4 is 5.73 Å². The molecular formula is C14H19N3O. The minimum absolute atomic E-state index is 0.643. The summed E-state index contributed by atoms with van der Waals surface area (Å²) in [6.07, 6.45) is 0. The lowest BCUT2D eigenvalue weighted by atomic mass is 10.2. The molecule has 4 nitrogen and oxygen atoms in total.